The van der Waals surface area contributed by atoms with Gasteiger partial charge in [0, 0.05) is 38.8 Å². The largest absolute Gasteiger partial charge is 0.502 e. The predicted octanol–water partition coefficient (Wildman–Crippen LogP) is 3.41. The molecule has 0 unspecified atom stereocenters. The highest BCUT2D eigenvalue weighted by Crippen LogP contribution is 2.38. The van der Waals surface area contributed by atoms with Crippen LogP contribution >= 0.6 is 0 Å². The van der Waals surface area contributed by atoms with E-state index in [0.29, 0.717) is 11.5 Å². The van der Waals surface area contributed by atoms with Gasteiger partial charge in [-0.05, 0) is 54.9 Å². The van der Waals surface area contributed by atoms with Crippen molar-refractivity contribution >= 4 is 11.9 Å². The van der Waals surface area contributed by atoms with Crippen LogP contribution in [0.2, 0.25) is 0 Å². The summed E-state index contributed by atoms with van der Waals surface area (Å²) in [4.78, 5) is 23.4. The maximum atomic E-state index is 10.1. The molecular formula is C27H36N2O7. The van der Waals surface area contributed by atoms with Crippen LogP contribution < -0.4 is 9.47 Å². The summed E-state index contributed by atoms with van der Waals surface area (Å²) in [5, 5.41) is 24.9. The molecule has 2 aliphatic rings. The summed E-state index contributed by atoms with van der Waals surface area (Å²) in [6.07, 6.45) is 5.24. The Balaban J connectivity index is 0.000000538. The number of rotatable bonds is 6. The Bertz CT molecular complexity index is 961. The number of methoxy groups -OCH3 is 2. The number of phenolic OH excluding ortho intramolecular Hbond substituents is 1. The number of aromatic hydroxyl groups is 1. The fraction of sp³-hybridized carbons (Fsp3) is 0.481. The SMILES string of the molecule is COc1cc(CN2CCN(C3CCC(c4ccccc4)CC3)CC2)cc(OC)c1O.O=C(O)C(=O)O. The fourth-order valence-electron chi connectivity index (χ4n) is 5.08. The summed E-state index contributed by atoms with van der Waals surface area (Å²) in [7, 11) is 3.15. The van der Waals surface area contributed by atoms with Gasteiger partial charge in [-0.1, -0.05) is 30.3 Å². The van der Waals surface area contributed by atoms with Crippen LogP contribution in [0.25, 0.3) is 0 Å². The molecule has 0 atom stereocenters. The third-order valence-corrected chi connectivity index (χ3v) is 7.02. The number of carboxylic acids is 2. The molecule has 2 aromatic rings. The van der Waals surface area contributed by atoms with E-state index in [9.17, 15) is 5.11 Å². The molecule has 0 amide bonds. The van der Waals surface area contributed by atoms with Gasteiger partial charge in [0.2, 0.25) is 5.75 Å². The van der Waals surface area contributed by atoms with Crippen LogP contribution in [0.3, 0.4) is 0 Å². The van der Waals surface area contributed by atoms with Crippen molar-refractivity contribution in [2.24, 2.45) is 0 Å². The monoisotopic (exact) mass is 500 g/mol. The van der Waals surface area contributed by atoms with Gasteiger partial charge in [-0.15, -0.1) is 0 Å². The van der Waals surface area contributed by atoms with Gasteiger partial charge in [-0.2, -0.15) is 0 Å². The maximum absolute atomic E-state index is 10.1. The Morgan fingerprint density at radius 2 is 1.39 bits per heavy atom. The average molecular weight is 501 g/mol. The summed E-state index contributed by atoms with van der Waals surface area (Å²) < 4.78 is 10.6. The molecule has 9 heteroatoms. The molecule has 1 aliphatic heterocycles. The van der Waals surface area contributed by atoms with E-state index in [1.807, 2.05) is 12.1 Å². The lowest BCUT2D eigenvalue weighted by molar-refractivity contribution is -0.159. The van der Waals surface area contributed by atoms with Crippen LogP contribution in [0.15, 0.2) is 42.5 Å². The van der Waals surface area contributed by atoms with Crippen molar-refractivity contribution in [1.82, 2.24) is 9.80 Å². The van der Waals surface area contributed by atoms with Crippen LogP contribution in [-0.4, -0.2) is 83.5 Å². The fourth-order valence-corrected chi connectivity index (χ4v) is 5.08. The van der Waals surface area contributed by atoms with Crippen LogP contribution in [-0.2, 0) is 16.1 Å². The van der Waals surface area contributed by atoms with Gasteiger partial charge in [0.1, 0.15) is 0 Å². The van der Waals surface area contributed by atoms with Crippen molar-refractivity contribution in [3.05, 3.63) is 53.6 Å². The van der Waals surface area contributed by atoms with Gasteiger partial charge in [-0.3, -0.25) is 9.80 Å². The lowest BCUT2D eigenvalue weighted by atomic mass is 9.81. The van der Waals surface area contributed by atoms with Crippen molar-refractivity contribution in [1.29, 1.82) is 0 Å². The third-order valence-electron chi connectivity index (χ3n) is 7.02. The van der Waals surface area contributed by atoms with Crippen LogP contribution in [0.1, 0.15) is 42.7 Å². The Morgan fingerprint density at radius 1 is 0.861 bits per heavy atom. The van der Waals surface area contributed by atoms with Gasteiger partial charge in [-0.25, -0.2) is 9.59 Å². The van der Waals surface area contributed by atoms with E-state index in [4.69, 9.17) is 29.3 Å². The van der Waals surface area contributed by atoms with Crippen LogP contribution in [0, 0.1) is 0 Å². The lowest BCUT2D eigenvalue weighted by Crippen LogP contribution is -2.50. The van der Waals surface area contributed by atoms with E-state index in [1.165, 1.54) is 31.2 Å². The molecular weight excluding hydrogens is 464 g/mol. The zero-order valence-corrected chi connectivity index (χ0v) is 20.9. The van der Waals surface area contributed by atoms with Crippen molar-refractivity contribution in [2.45, 2.75) is 44.2 Å². The highest BCUT2D eigenvalue weighted by atomic mass is 16.5. The maximum Gasteiger partial charge on any atom is 0.414 e. The first kappa shape index (κ1) is 27.3. The minimum atomic E-state index is -1.82. The summed E-state index contributed by atoms with van der Waals surface area (Å²) in [6.45, 7) is 5.26. The van der Waals surface area contributed by atoms with Gasteiger partial charge < -0.3 is 24.8 Å². The minimum absolute atomic E-state index is 0.0691. The number of piperazine rings is 1. The van der Waals surface area contributed by atoms with Crippen LogP contribution in [0.4, 0.5) is 0 Å². The molecule has 36 heavy (non-hydrogen) atoms. The molecule has 1 saturated heterocycles. The summed E-state index contributed by atoms with van der Waals surface area (Å²) in [5.74, 6) is -1.90. The number of benzene rings is 2. The zero-order chi connectivity index (χ0) is 26.1. The number of carbonyl (C=O) groups is 2. The van der Waals surface area contributed by atoms with Crippen molar-refractivity contribution in [2.75, 3.05) is 40.4 Å². The molecule has 0 radical (unpaired) electrons. The molecule has 1 heterocycles. The zero-order valence-electron chi connectivity index (χ0n) is 20.9. The Hall–Kier alpha value is -3.30. The number of hydrogen-bond acceptors (Lipinski definition) is 7. The van der Waals surface area contributed by atoms with E-state index < -0.39 is 11.9 Å². The van der Waals surface area contributed by atoms with Crippen molar-refractivity contribution < 1.29 is 34.4 Å². The van der Waals surface area contributed by atoms with Gasteiger partial charge in [0.15, 0.2) is 11.5 Å². The topological polar surface area (TPSA) is 120 Å². The molecule has 2 fully saturated rings. The second kappa shape index (κ2) is 13.1. The second-order valence-corrected chi connectivity index (χ2v) is 9.19. The second-order valence-electron chi connectivity index (χ2n) is 9.19. The standard InChI is InChI=1S/C25H34N2O3.C2H2O4/c1-29-23-16-19(17-24(30-2)25(23)28)18-26-12-14-27(15-13-26)22-10-8-21(9-11-22)20-6-4-3-5-7-20;3-1(4)2(5)6/h3-7,16-17,21-22,28H,8-15,18H2,1-2H3;(H,3,4)(H,5,6). The quantitative estimate of drug-likeness (QED) is 0.513. The van der Waals surface area contributed by atoms with E-state index in [0.717, 1.165) is 50.2 Å². The molecule has 0 aromatic heterocycles. The Morgan fingerprint density at radius 3 is 1.86 bits per heavy atom. The molecule has 0 spiro atoms. The third kappa shape index (κ3) is 7.35. The number of ether oxygens (including phenoxy) is 2. The minimum Gasteiger partial charge on any atom is -0.502 e. The van der Waals surface area contributed by atoms with Gasteiger partial charge >= 0.3 is 11.9 Å². The van der Waals surface area contributed by atoms with Crippen molar-refractivity contribution in [3.63, 3.8) is 0 Å². The highest BCUT2D eigenvalue weighted by Gasteiger charge is 2.29. The number of aliphatic carboxylic acids is 2. The molecule has 4 rings (SSSR count). The summed E-state index contributed by atoms with van der Waals surface area (Å²) >= 11 is 0. The number of nitrogens with zero attached hydrogens (tertiary/aromatic N) is 2. The first-order valence-electron chi connectivity index (χ1n) is 12.2. The molecule has 9 nitrogen and oxygen atoms in total. The summed E-state index contributed by atoms with van der Waals surface area (Å²) in [6, 6.07) is 15.6. The molecule has 1 saturated carbocycles. The number of hydrogen-bond donors (Lipinski definition) is 3. The van der Waals surface area contributed by atoms with Gasteiger partial charge in [0.25, 0.3) is 0 Å². The normalized spacial score (nSPS) is 20.6. The molecule has 3 N–H and O–H groups in total. The number of carboxylic acid groups (broad SMARTS) is 2. The van der Waals surface area contributed by atoms with Crippen LogP contribution in [0.5, 0.6) is 17.2 Å². The first-order valence-corrected chi connectivity index (χ1v) is 12.2. The Kier molecular flexibility index (Phi) is 9.95. The van der Waals surface area contributed by atoms with E-state index >= 15 is 0 Å². The van der Waals surface area contributed by atoms with E-state index in [2.05, 4.69) is 40.1 Å². The average Bonchev–Trinajstić information content (AvgIpc) is 2.91. The van der Waals surface area contributed by atoms with Gasteiger partial charge in [0.05, 0.1) is 14.2 Å². The van der Waals surface area contributed by atoms with E-state index in [1.54, 1.807) is 14.2 Å². The Labute approximate surface area is 211 Å². The number of phenols is 1. The molecule has 1 aliphatic carbocycles. The lowest BCUT2D eigenvalue weighted by Gasteiger charge is -2.42. The molecule has 2 aromatic carbocycles. The van der Waals surface area contributed by atoms with Crippen molar-refractivity contribution in [3.8, 4) is 17.2 Å². The highest BCUT2D eigenvalue weighted by molar-refractivity contribution is 6.27. The molecule has 0 bridgehead atoms. The summed E-state index contributed by atoms with van der Waals surface area (Å²) in [5.41, 5.74) is 2.62. The first-order chi connectivity index (χ1) is 17.3. The molecule has 196 valence electrons. The smallest absolute Gasteiger partial charge is 0.414 e. The predicted molar refractivity (Wildman–Crippen MR) is 135 cm³/mol. The van der Waals surface area contributed by atoms with E-state index in [-0.39, 0.29) is 5.75 Å².